The Morgan fingerprint density at radius 1 is 1.26 bits per heavy atom. The monoisotopic (exact) mass is 256 g/mol. The van der Waals surface area contributed by atoms with E-state index in [0.717, 1.165) is 12.2 Å². The molecule has 3 rings (SSSR count). The van der Waals surface area contributed by atoms with E-state index in [4.69, 9.17) is 10.5 Å². The standard InChI is InChI=1S/C15H16N2O2/c16-9-12-5-3-7-17(15(12)18)10-13-8-11-4-1-2-6-14(11)19-13/h1-7,13H,8-10,16H2. The first-order chi connectivity index (χ1) is 9.28. The predicted octanol–water partition coefficient (Wildman–Crippen LogP) is 1.31. The van der Waals surface area contributed by atoms with E-state index in [-0.39, 0.29) is 18.2 Å². The van der Waals surface area contributed by atoms with E-state index in [1.165, 1.54) is 5.56 Å². The van der Waals surface area contributed by atoms with Crippen molar-refractivity contribution < 1.29 is 4.74 Å². The van der Waals surface area contributed by atoms with Crippen LogP contribution >= 0.6 is 0 Å². The molecule has 0 saturated carbocycles. The molecule has 4 nitrogen and oxygen atoms in total. The van der Waals surface area contributed by atoms with Crippen LogP contribution in [-0.4, -0.2) is 10.7 Å². The molecule has 1 aromatic heterocycles. The van der Waals surface area contributed by atoms with E-state index in [1.807, 2.05) is 24.3 Å². The molecule has 0 amide bonds. The maximum absolute atomic E-state index is 12.1. The third kappa shape index (κ3) is 2.27. The minimum atomic E-state index is -0.0236. The fourth-order valence-corrected chi connectivity index (χ4v) is 2.46. The van der Waals surface area contributed by atoms with Gasteiger partial charge in [0.05, 0.1) is 6.54 Å². The number of benzene rings is 1. The van der Waals surface area contributed by atoms with Gasteiger partial charge in [0.15, 0.2) is 0 Å². The summed E-state index contributed by atoms with van der Waals surface area (Å²) in [6.45, 7) is 0.826. The molecule has 0 bridgehead atoms. The molecule has 1 aliphatic rings. The highest BCUT2D eigenvalue weighted by Crippen LogP contribution is 2.28. The van der Waals surface area contributed by atoms with Crippen molar-refractivity contribution in [1.82, 2.24) is 4.57 Å². The molecule has 1 aliphatic heterocycles. The number of ether oxygens (including phenoxy) is 1. The molecule has 4 heteroatoms. The van der Waals surface area contributed by atoms with Crippen LogP contribution in [0.25, 0.3) is 0 Å². The molecule has 0 saturated heterocycles. The van der Waals surface area contributed by atoms with Gasteiger partial charge in [-0.05, 0) is 17.7 Å². The summed E-state index contributed by atoms with van der Waals surface area (Å²) in [6.07, 6.45) is 2.65. The quantitative estimate of drug-likeness (QED) is 0.900. The maximum atomic E-state index is 12.1. The highest BCUT2D eigenvalue weighted by molar-refractivity contribution is 5.37. The zero-order chi connectivity index (χ0) is 13.2. The third-order valence-corrected chi connectivity index (χ3v) is 3.43. The first-order valence-corrected chi connectivity index (χ1v) is 6.41. The van der Waals surface area contributed by atoms with Gasteiger partial charge in [-0.15, -0.1) is 0 Å². The summed E-state index contributed by atoms with van der Waals surface area (Å²) < 4.78 is 7.53. The van der Waals surface area contributed by atoms with Gasteiger partial charge in [0.2, 0.25) is 0 Å². The smallest absolute Gasteiger partial charge is 0.255 e. The lowest BCUT2D eigenvalue weighted by Gasteiger charge is -2.13. The molecule has 0 spiro atoms. The summed E-state index contributed by atoms with van der Waals surface area (Å²) in [5, 5.41) is 0. The van der Waals surface area contributed by atoms with Crippen LogP contribution < -0.4 is 16.0 Å². The lowest BCUT2D eigenvalue weighted by atomic mass is 10.1. The van der Waals surface area contributed by atoms with E-state index in [1.54, 1.807) is 16.8 Å². The predicted molar refractivity (Wildman–Crippen MR) is 73.2 cm³/mol. The molecule has 0 radical (unpaired) electrons. The average Bonchev–Trinajstić information content (AvgIpc) is 2.83. The van der Waals surface area contributed by atoms with E-state index in [2.05, 4.69) is 6.07 Å². The number of fused-ring (bicyclic) bond motifs is 1. The maximum Gasteiger partial charge on any atom is 0.255 e. The lowest BCUT2D eigenvalue weighted by molar-refractivity contribution is 0.207. The van der Waals surface area contributed by atoms with Gasteiger partial charge in [0.25, 0.3) is 5.56 Å². The number of nitrogens with two attached hydrogens (primary N) is 1. The van der Waals surface area contributed by atoms with Gasteiger partial charge >= 0.3 is 0 Å². The number of aromatic nitrogens is 1. The summed E-state index contributed by atoms with van der Waals surface area (Å²) in [4.78, 5) is 12.1. The largest absolute Gasteiger partial charge is 0.488 e. The molecule has 1 atom stereocenters. The van der Waals surface area contributed by atoms with Crippen LogP contribution in [-0.2, 0) is 19.5 Å². The molecular formula is C15H16N2O2. The summed E-state index contributed by atoms with van der Waals surface area (Å²) in [5.41, 5.74) is 7.37. The molecule has 2 heterocycles. The Morgan fingerprint density at radius 3 is 2.89 bits per heavy atom. The third-order valence-electron chi connectivity index (χ3n) is 3.43. The molecule has 1 unspecified atom stereocenters. The van der Waals surface area contributed by atoms with Crippen LogP contribution in [0.2, 0.25) is 0 Å². The summed E-state index contributed by atoms with van der Waals surface area (Å²) in [7, 11) is 0. The van der Waals surface area contributed by atoms with Crippen molar-refractivity contribution in [3.63, 3.8) is 0 Å². The van der Waals surface area contributed by atoms with Gasteiger partial charge in [-0.25, -0.2) is 0 Å². The Labute approximate surface area is 111 Å². The van der Waals surface area contributed by atoms with Crippen molar-refractivity contribution >= 4 is 0 Å². The van der Waals surface area contributed by atoms with E-state index in [0.29, 0.717) is 12.1 Å². The molecule has 0 fully saturated rings. The average molecular weight is 256 g/mol. The van der Waals surface area contributed by atoms with Crippen molar-refractivity contribution in [2.75, 3.05) is 0 Å². The number of hydrogen-bond acceptors (Lipinski definition) is 3. The molecule has 98 valence electrons. The molecule has 2 N–H and O–H groups in total. The van der Waals surface area contributed by atoms with E-state index >= 15 is 0 Å². The molecule has 19 heavy (non-hydrogen) atoms. The normalized spacial score (nSPS) is 17.0. The van der Waals surface area contributed by atoms with Crippen LogP contribution in [0, 0.1) is 0 Å². The van der Waals surface area contributed by atoms with Crippen molar-refractivity contribution in [3.05, 3.63) is 64.1 Å². The minimum Gasteiger partial charge on any atom is -0.488 e. The Hall–Kier alpha value is -2.07. The van der Waals surface area contributed by atoms with Crippen LogP contribution in [0.3, 0.4) is 0 Å². The van der Waals surface area contributed by atoms with Gasteiger partial charge in [-0.1, -0.05) is 24.3 Å². The second-order valence-electron chi connectivity index (χ2n) is 4.75. The number of nitrogens with zero attached hydrogens (tertiary/aromatic N) is 1. The van der Waals surface area contributed by atoms with Gasteiger partial charge < -0.3 is 15.0 Å². The van der Waals surface area contributed by atoms with Gasteiger partial charge in [-0.3, -0.25) is 4.79 Å². The number of para-hydroxylation sites is 1. The minimum absolute atomic E-state index is 0.0168. The number of hydrogen-bond donors (Lipinski definition) is 1. The SMILES string of the molecule is NCc1cccn(CC2Cc3ccccc3O2)c1=O. The van der Waals surface area contributed by atoms with E-state index < -0.39 is 0 Å². The topological polar surface area (TPSA) is 57.2 Å². The Bertz CT molecular complexity index is 624. The lowest BCUT2D eigenvalue weighted by Crippen LogP contribution is -2.31. The summed E-state index contributed by atoms with van der Waals surface area (Å²) in [5.74, 6) is 0.926. The first-order valence-electron chi connectivity index (χ1n) is 6.41. The fourth-order valence-electron chi connectivity index (χ4n) is 2.46. The van der Waals surface area contributed by atoms with Crippen LogP contribution in [0.4, 0.5) is 0 Å². The Kier molecular flexibility index (Phi) is 3.09. The molecule has 2 aromatic rings. The molecule has 1 aromatic carbocycles. The number of rotatable bonds is 3. The fraction of sp³-hybridized carbons (Fsp3) is 0.267. The summed E-state index contributed by atoms with van der Waals surface area (Å²) >= 11 is 0. The molecular weight excluding hydrogens is 240 g/mol. The van der Waals surface area contributed by atoms with E-state index in [9.17, 15) is 4.79 Å². The van der Waals surface area contributed by atoms with Gasteiger partial charge in [0.1, 0.15) is 11.9 Å². The zero-order valence-electron chi connectivity index (χ0n) is 10.6. The Balaban J connectivity index is 1.80. The van der Waals surface area contributed by atoms with Crippen molar-refractivity contribution in [2.24, 2.45) is 5.73 Å². The molecule has 0 aliphatic carbocycles. The van der Waals surface area contributed by atoms with Crippen molar-refractivity contribution in [3.8, 4) is 5.75 Å². The highest BCUT2D eigenvalue weighted by Gasteiger charge is 2.22. The van der Waals surface area contributed by atoms with Crippen molar-refractivity contribution in [2.45, 2.75) is 25.6 Å². The number of pyridine rings is 1. The zero-order valence-corrected chi connectivity index (χ0v) is 10.6. The van der Waals surface area contributed by atoms with Crippen LogP contribution in [0.1, 0.15) is 11.1 Å². The van der Waals surface area contributed by atoms with Gasteiger partial charge in [0, 0.05) is 24.7 Å². The second-order valence-corrected chi connectivity index (χ2v) is 4.75. The highest BCUT2D eigenvalue weighted by atomic mass is 16.5. The second kappa shape index (κ2) is 4.90. The first kappa shape index (κ1) is 12.0. The summed E-state index contributed by atoms with van der Waals surface area (Å²) in [6, 6.07) is 11.6. The van der Waals surface area contributed by atoms with Crippen LogP contribution in [0.5, 0.6) is 5.75 Å². The van der Waals surface area contributed by atoms with Gasteiger partial charge in [-0.2, -0.15) is 0 Å². The van der Waals surface area contributed by atoms with Crippen molar-refractivity contribution in [1.29, 1.82) is 0 Å². The van der Waals surface area contributed by atoms with Crippen LogP contribution in [0.15, 0.2) is 47.4 Å². The Morgan fingerprint density at radius 2 is 2.11 bits per heavy atom.